The van der Waals surface area contributed by atoms with Crippen LogP contribution < -0.4 is 29.6 Å². The molecule has 1 amide bonds. The summed E-state index contributed by atoms with van der Waals surface area (Å²) in [5, 5.41) is 49.9. The molecule has 1 aliphatic rings. The molecule has 1 unspecified atom stereocenters. The minimum Gasteiger partial charge on any atom is -0.493 e. The number of hydrogen-bond acceptors (Lipinski definition) is 12. The number of rotatable bonds is 20. The number of methoxy groups -OCH3 is 2. The Morgan fingerprint density at radius 3 is 1.95 bits per heavy atom. The van der Waals surface area contributed by atoms with Crippen LogP contribution in [0.15, 0.2) is 77.3 Å². The van der Waals surface area contributed by atoms with Crippen LogP contribution in [0.4, 0.5) is 5.69 Å². The molecule has 0 fully saturated rings. The molecule has 5 aromatic rings. The van der Waals surface area contributed by atoms with E-state index in [0.717, 1.165) is 49.8 Å². The third kappa shape index (κ3) is 9.25. The van der Waals surface area contributed by atoms with Gasteiger partial charge in [0.25, 0.3) is 5.91 Å². The quantitative estimate of drug-likeness (QED) is 0.0465. The molecule has 4 aromatic carbocycles. The van der Waals surface area contributed by atoms with Gasteiger partial charge in [0.1, 0.15) is 17.6 Å². The number of amides is 1. The summed E-state index contributed by atoms with van der Waals surface area (Å²) in [6.45, 7) is -0.0317. The number of benzene rings is 4. The number of carbonyl (C=O) groups excluding carboxylic acids is 1. The normalized spacial score (nSPS) is 13.5. The fourth-order valence-corrected chi connectivity index (χ4v) is 6.83. The highest BCUT2D eigenvalue weighted by Crippen LogP contribution is 2.42. The van der Waals surface area contributed by atoms with E-state index >= 15 is 0 Å². The highest BCUT2D eigenvalue weighted by atomic mass is 16.5. The molecule has 1 aliphatic heterocycles. The van der Waals surface area contributed by atoms with Crippen LogP contribution in [-0.4, -0.2) is 58.9 Å². The molecule has 0 spiro atoms. The predicted octanol–water partition coefficient (Wildman–Crippen LogP) is 6.65. The molecule has 2 heterocycles. The molecule has 13 nitrogen and oxygen atoms in total. The number of ether oxygens (including phenoxy) is 4. The van der Waals surface area contributed by atoms with E-state index in [1.807, 2.05) is 36.4 Å². The summed E-state index contributed by atoms with van der Waals surface area (Å²) < 4.78 is 29.2. The zero-order valence-electron chi connectivity index (χ0n) is 31.7. The lowest BCUT2D eigenvalue weighted by atomic mass is 9.97. The highest BCUT2D eigenvalue weighted by Gasteiger charge is 2.25. The number of para-hydroxylation sites is 1. The lowest BCUT2D eigenvalue weighted by molar-refractivity contribution is 0.0935. The Labute approximate surface area is 325 Å². The zero-order chi connectivity index (χ0) is 39.4. The van der Waals surface area contributed by atoms with E-state index in [1.54, 1.807) is 50.6 Å². The molecule has 296 valence electrons. The van der Waals surface area contributed by atoms with Crippen LogP contribution in [-0.2, 0) is 26.4 Å². The van der Waals surface area contributed by atoms with E-state index in [2.05, 4.69) is 15.8 Å². The summed E-state index contributed by atoms with van der Waals surface area (Å²) in [5.74, 6) is 2.42. The van der Waals surface area contributed by atoms with E-state index in [-0.39, 0.29) is 32.3 Å². The molecule has 0 aliphatic carbocycles. The molecular formula is C43H49N3O10. The van der Waals surface area contributed by atoms with Crippen LogP contribution in [0.2, 0.25) is 0 Å². The second-order valence-electron chi connectivity index (χ2n) is 13.5. The van der Waals surface area contributed by atoms with Gasteiger partial charge < -0.3 is 54.5 Å². The molecule has 6 rings (SSSR count). The maximum Gasteiger partial charge on any atom is 0.255 e. The van der Waals surface area contributed by atoms with Gasteiger partial charge in [0.2, 0.25) is 5.75 Å². The van der Waals surface area contributed by atoms with Crippen LogP contribution in [0.25, 0.3) is 22.6 Å². The van der Waals surface area contributed by atoms with E-state index in [9.17, 15) is 25.2 Å². The lowest BCUT2D eigenvalue weighted by Crippen LogP contribution is -2.38. The van der Waals surface area contributed by atoms with Crippen molar-refractivity contribution in [1.82, 2.24) is 10.5 Å². The molecule has 56 heavy (non-hydrogen) atoms. The summed E-state index contributed by atoms with van der Waals surface area (Å²) in [6, 6.07) is 21.8. The van der Waals surface area contributed by atoms with Gasteiger partial charge in [0, 0.05) is 28.4 Å². The maximum atomic E-state index is 12.6. The van der Waals surface area contributed by atoms with Crippen molar-refractivity contribution in [1.29, 1.82) is 0 Å². The summed E-state index contributed by atoms with van der Waals surface area (Å²) in [4.78, 5) is 12.6. The van der Waals surface area contributed by atoms with Crippen molar-refractivity contribution in [2.24, 2.45) is 0 Å². The van der Waals surface area contributed by atoms with Crippen molar-refractivity contribution in [3.63, 3.8) is 0 Å². The number of aliphatic hydroxyl groups is 4. The second-order valence-corrected chi connectivity index (χ2v) is 13.5. The first-order chi connectivity index (χ1) is 27.4. The van der Waals surface area contributed by atoms with Crippen molar-refractivity contribution >= 4 is 11.6 Å². The van der Waals surface area contributed by atoms with Gasteiger partial charge in [-0.25, -0.2) is 0 Å². The van der Waals surface area contributed by atoms with Crippen LogP contribution in [0.5, 0.6) is 23.0 Å². The number of aliphatic hydroxyl groups excluding tert-OH is 4. The van der Waals surface area contributed by atoms with E-state index in [1.165, 1.54) is 0 Å². The van der Waals surface area contributed by atoms with E-state index in [4.69, 9.17) is 23.5 Å². The number of carbonyl (C=O) groups is 1. The summed E-state index contributed by atoms with van der Waals surface area (Å²) in [7, 11) is 3.12. The maximum absolute atomic E-state index is 12.6. The molecule has 1 atom stereocenters. The number of fused-ring (bicyclic) bond motifs is 1. The topological polar surface area (TPSA) is 185 Å². The smallest absolute Gasteiger partial charge is 0.255 e. The zero-order valence-corrected chi connectivity index (χ0v) is 31.7. The van der Waals surface area contributed by atoms with E-state index < -0.39 is 6.17 Å². The Kier molecular flexibility index (Phi) is 13.8. The molecule has 0 radical (unpaired) electrons. The van der Waals surface area contributed by atoms with Crippen molar-refractivity contribution < 1.29 is 48.7 Å². The van der Waals surface area contributed by atoms with Crippen molar-refractivity contribution in [3.05, 3.63) is 106 Å². The predicted molar refractivity (Wildman–Crippen MR) is 210 cm³/mol. The number of hydrogen-bond donors (Lipinski definition) is 6. The van der Waals surface area contributed by atoms with Gasteiger partial charge in [-0.15, -0.1) is 0 Å². The van der Waals surface area contributed by atoms with Gasteiger partial charge in [-0.05, 0) is 83.6 Å². The standard InChI is InChI=1S/C43H49N3O10/c1-52-39-20-29(38-22-36(46-56-38)28-18-30(23-47)34(26-50)31(19-28)24-48)21-40(53-2)41(39)55-16-10-6-4-3-5-9-15-54-37-14-13-27(17-32(37)25-49)42-44-35-12-8-7-11-33(35)43(51)45-42/h7-8,11-14,17-22,42,44,47-50H,3-6,9-10,15-16,23-26H2,1-2H3,(H,45,51). The van der Waals surface area contributed by atoms with Crippen LogP contribution >= 0.6 is 0 Å². The number of nitrogens with one attached hydrogen (secondary N) is 2. The van der Waals surface area contributed by atoms with Gasteiger partial charge in [0.15, 0.2) is 17.3 Å². The minimum atomic E-state index is -0.401. The van der Waals surface area contributed by atoms with Gasteiger partial charge >= 0.3 is 0 Å². The summed E-state index contributed by atoms with van der Waals surface area (Å²) >= 11 is 0. The Morgan fingerprint density at radius 1 is 0.661 bits per heavy atom. The molecule has 0 saturated heterocycles. The first-order valence-corrected chi connectivity index (χ1v) is 18.8. The molecule has 1 aromatic heterocycles. The Hall–Kier alpha value is -5.60. The van der Waals surface area contributed by atoms with Gasteiger partial charge in [-0.3, -0.25) is 4.79 Å². The monoisotopic (exact) mass is 767 g/mol. The highest BCUT2D eigenvalue weighted by molar-refractivity contribution is 6.01. The Morgan fingerprint density at radius 2 is 1.30 bits per heavy atom. The molecule has 0 bridgehead atoms. The van der Waals surface area contributed by atoms with Crippen molar-refractivity contribution in [3.8, 4) is 45.6 Å². The first kappa shape index (κ1) is 40.1. The minimum absolute atomic E-state index is 0.142. The first-order valence-electron chi connectivity index (χ1n) is 18.8. The number of anilines is 1. The lowest BCUT2D eigenvalue weighted by Gasteiger charge is -2.28. The molecular weight excluding hydrogens is 718 g/mol. The molecule has 6 N–H and O–H groups in total. The third-order valence-corrected chi connectivity index (χ3v) is 9.86. The summed E-state index contributed by atoms with van der Waals surface area (Å²) in [5.41, 5.74) is 6.18. The number of nitrogens with zero attached hydrogens (tertiary/aromatic N) is 1. The fraction of sp³-hybridized carbons (Fsp3) is 0.349. The molecule has 0 saturated carbocycles. The second kappa shape index (κ2) is 19.3. The Bertz CT molecular complexity index is 2050. The van der Waals surface area contributed by atoms with Crippen molar-refractivity contribution in [2.45, 2.75) is 71.1 Å². The fourth-order valence-electron chi connectivity index (χ4n) is 6.83. The van der Waals surface area contributed by atoms with Crippen LogP contribution in [0.1, 0.15) is 82.9 Å². The Balaban J connectivity index is 0.940. The SMILES string of the molecule is COc1cc(-c2cc(-c3cc(CO)c(CO)c(CO)c3)no2)cc(OC)c1OCCCCCCCCOc1ccc(C2NC(=O)c3ccccc3N2)cc1CO. The van der Waals surface area contributed by atoms with Gasteiger partial charge in [-0.1, -0.05) is 49.0 Å². The molecule has 13 heteroatoms. The largest absolute Gasteiger partial charge is 0.493 e. The number of unbranched alkanes of at least 4 members (excludes halogenated alkanes) is 5. The average molecular weight is 768 g/mol. The average Bonchev–Trinajstić information content (AvgIpc) is 3.74. The van der Waals surface area contributed by atoms with Gasteiger partial charge in [0.05, 0.1) is 59.4 Å². The third-order valence-electron chi connectivity index (χ3n) is 9.86. The van der Waals surface area contributed by atoms with Crippen molar-refractivity contribution in [2.75, 3.05) is 32.8 Å². The van der Waals surface area contributed by atoms with Crippen LogP contribution in [0.3, 0.4) is 0 Å². The van der Waals surface area contributed by atoms with Gasteiger partial charge in [-0.2, -0.15) is 0 Å². The summed E-state index contributed by atoms with van der Waals surface area (Å²) in [6.07, 6.45) is 5.44. The van der Waals surface area contributed by atoms with E-state index in [0.29, 0.717) is 86.6 Å². The van der Waals surface area contributed by atoms with Crippen LogP contribution in [0, 0.1) is 0 Å². The number of aromatic nitrogens is 1.